The van der Waals surface area contributed by atoms with Gasteiger partial charge >= 0.3 is 0 Å². The summed E-state index contributed by atoms with van der Waals surface area (Å²) in [6, 6.07) is 11.8. The van der Waals surface area contributed by atoms with E-state index in [0.717, 1.165) is 5.56 Å². The van der Waals surface area contributed by atoms with Crippen LogP contribution in [0.4, 0.5) is 0 Å². The molecule has 0 unspecified atom stereocenters. The number of phenolic OH excluding ortho intramolecular Hbond substituents is 1. The van der Waals surface area contributed by atoms with Crippen LogP contribution in [0.25, 0.3) is 11.5 Å². The number of rotatable bonds is 5. The largest absolute Gasteiger partial charge is 0.508 e. The molecule has 0 fully saturated rings. The summed E-state index contributed by atoms with van der Waals surface area (Å²) >= 11 is 0. The molecule has 0 spiro atoms. The minimum Gasteiger partial charge on any atom is -0.508 e. The minimum absolute atomic E-state index is 0.181. The molecule has 1 aromatic carbocycles. The molecule has 2 heterocycles. The number of hydrogen-bond acceptors (Lipinski definition) is 5. The van der Waals surface area contributed by atoms with E-state index in [9.17, 15) is 9.90 Å². The van der Waals surface area contributed by atoms with E-state index < -0.39 is 5.91 Å². The number of phenols is 1. The number of carbonyl (C=O) groups is 1. The van der Waals surface area contributed by atoms with Gasteiger partial charge in [0.15, 0.2) is 11.5 Å². The van der Waals surface area contributed by atoms with Crippen LogP contribution in [0.15, 0.2) is 58.2 Å². The van der Waals surface area contributed by atoms with Gasteiger partial charge in [0.2, 0.25) is 0 Å². The Balaban J connectivity index is 1.73. The summed E-state index contributed by atoms with van der Waals surface area (Å²) in [4.78, 5) is 12.2. The second-order valence-electron chi connectivity index (χ2n) is 5.04. The molecule has 0 saturated heterocycles. The third-order valence-corrected chi connectivity index (χ3v) is 3.42. The van der Waals surface area contributed by atoms with Gasteiger partial charge in [0.05, 0.1) is 12.0 Å². The van der Waals surface area contributed by atoms with Gasteiger partial charge in [-0.25, -0.2) is 5.43 Å². The first kappa shape index (κ1) is 15.5. The Labute approximate surface area is 138 Å². The van der Waals surface area contributed by atoms with Crippen molar-refractivity contribution in [1.82, 2.24) is 15.6 Å². The van der Waals surface area contributed by atoms with E-state index in [1.165, 1.54) is 0 Å². The molecule has 0 aliphatic heterocycles. The van der Waals surface area contributed by atoms with Gasteiger partial charge in [-0.15, -0.1) is 0 Å². The number of amides is 1. The van der Waals surface area contributed by atoms with Gasteiger partial charge in [-0.05, 0) is 48.4 Å². The normalized spacial score (nSPS) is 11.5. The fourth-order valence-corrected chi connectivity index (χ4v) is 2.17. The summed E-state index contributed by atoms with van der Waals surface area (Å²) in [7, 11) is 0. The minimum atomic E-state index is -0.422. The average Bonchev–Trinajstić information content (AvgIpc) is 3.28. The number of carbonyl (C=O) groups excluding carboxylic acids is 1. The number of aromatic nitrogens is 2. The highest BCUT2D eigenvalue weighted by molar-refractivity contribution is 6.02. The van der Waals surface area contributed by atoms with Gasteiger partial charge < -0.3 is 9.52 Å². The number of benzene rings is 1. The molecular weight excluding hydrogens is 308 g/mol. The second-order valence-corrected chi connectivity index (χ2v) is 5.04. The quantitative estimate of drug-likeness (QED) is 0.496. The van der Waals surface area contributed by atoms with Crippen LogP contribution >= 0.6 is 0 Å². The molecule has 3 aromatic rings. The van der Waals surface area contributed by atoms with Crippen molar-refractivity contribution in [3.05, 3.63) is 60.0 Å². The predicted octanol–water partition coefficient (Wildman–Crippen LogP) is 2.92. The Morgan fingerprint density at radius 3 is 2.79 bits per heavy atom. The highest BCUT2D eigenvalue weighted by atomic mass is 16.3. The van der Waals surface area contributed by atoms with Crippen LogP contribution in [0.5, 0.6) is 5.75 Å². The number of hydrogen-bond donors (Lipinski definition) is 3. The molecule has 24 heavy (non-hydrogen) atoms. The average molecular weight is 324 g/mol. The van der Waals surface area contributed by atoms with E-state index in [2.05, 4.69) is 20.7 Å². The second kappa shape index (κ2) is 6.82. The fraction of sp³-hybridized carbons (Fsp3) is 0.118. The van der Waals surface area contributed by atoms with Gasteiger partial charge in [-0.3, -0.25) is 9.89 Å². The number of H-pyrrole nitrogens is 1. The maximum Gasteiger partial charge on any atom is 0.291 e. The molecule has 1 amide bonds. The third-order valence-electron chi connectivity index (χ3n) is 3.42. The van der Waals surface area contributed by atoms with Crippen molar-refractivity contribution in [2.24, 2.45) is 5.10 Å². The summed E-state index contributed by atoms with van der Waals surface area (Å²) < 4.78 is 5.24. The molecule has 122 valence electrons. The number of nitrogens with one attached hydrogen (secondary N) is 2. The van der Waals surface area contributed by atoms with Crippen molar-refractivity contribution in [2.45, 2.75) is 13.3 Å². The van der Waals surface area contributed by atoms with Gasteiger partial charge in [0.25, 0.3) is 5.91 Å². The highest BCUT2D eigenvalue weighted by Gasteiger charge is 2.12. The molecule has 0 radical (unpaired) electrons. The Kier molecular flexibility index (Phi) is 4.42. The first-order chi connectivity index (χ1) is 11.7. The van der Waals surface area contributed by atoms with E-state index in [0.29, 0.717) is 23.6 Å². The van der Waals surface area contributed by atoms with Gasteiger partial charge in [0, 0.05) is 6.07 Å². The lowest BCUT2D eigenvalue weighted by Crippen LogP contribution is -2.20. The Morgan fingerprint density at radius 2 is 2.12 bits per heavy atom. The van der Waals surface area contributed by atoms with Crippen LogP contribution in [0.3, 0.4) is 0 Å². The zero-order valence-corrected chi connectivity index (χ0v) is 13.0. The summed E-state index contributed by atoms with van der Waals surface area (Å²) in [5.41, 5.74) is 4.85. The standard InChI is InChI=1S/C17H16N4O3/c1-2-13(11-5-7-12(22)8-6-11)18-21-17(23)15-10-14(19-20-15)16-4-3-9-24-16/h3-10,22H,2H2,1H3,(H,19,20)(H,21,23). The molecule has 0 atom stereocenters. The molecule has 7 nitrogen and oxygen atoms in total. The first-order valence-corrected chi connectivity index (χ1v) is 7.43. The van der Waals surface area contributed by atoms with E-state index in [4.69, 9.17) is 4.42 Å². The van der Waals surface area contributed by atoms with Crippen LogP contribution in [0.1, 0.15) is 29.4 Å². The third kappa shape index (κ3) is 3.35. The molecule has 0 bridgehead atoms. The van der Waals surface area contributed by atoms with Crippen LogP contribution in [0, 0.1) is 0 Å². The Bertz CT molecular complexity index is 848. The predicted molar refractivity (Wildman–Crippen MR) is 88.7 cm³/mol. The fourth-order valence-electron chi connectivity index (χ4n) is 2.17. The van der Waals surface area contributed by atoms with Gasteiger partial charge in [0.1, 0.15) is 11.4 Å². The van der Waals surface area contributed by atoms with Crippen molar-refractivity contribution < 1.29 is 14.3 Å². The van der Waals surface area contributed by atoms with Crippen molar-refractivity contribution in [3.8, 4) is 17.2 Å². The molecular formula is C17H16N4O3. The molecule has 3 N–H and O–H groups in total. The van der Waals surface area contributed by atoms with Crippen LogP contribution in [0.2, 0.25) is 0 Å². The molecule has 3 rings (SSSR count). The summed E-state index contributed by atoms with van der Waals surface area (Å²) in [5, 5.41) is 20.2. The summed E-state index contributed by atoms with van der Waals surface area (Å²) in [6.07, 6.45) is 2.18. The Hall–Kier alpha value is -3.35. The summed E-state index contributed by atoms with van der Waals surface area (Å²) in [6.45, 7) is 1.93. The summed E-state index contributed by atoms with van der Waals surface area (Å²) in [5.74, 6) is 0.359. The smallest absolute Gasteiger partial charge is 0.291 e. The number of furan rings is 1. The molecule has 0 aliphatic carbocycles. The van der Waals surface area contributed by atoms with E-state index in [-0.39, 0.29) is 11.4 Å². The lowest BCUT2D eigenvalue weighted by Gasteiger charge is -2.04. The monoisotopic (exact) mass is 324 g/mol. The highest BCUT2D eigenvalue weighted by Crippen LogP contribution is 2.17. The number of nitrogens with zero attached hydrogens (tertiary/aromatic N) is 2. The lowest BCUT2D eigenvalue weighted by molar-refractivity contribution is 0.0950. The molecule has 7 heteroatoms. The van der Waals surface area contributed by atoms with Crippen molar-refractivity contribution in [2.75, 3.05) is 0 Å². The Morgan fingerprint density at radius 1 is 1.33 bits per heavy atom. The first-order valence-electron chi connectivity index (χ1n) is 7.43. The van der Waals surface area contributed by atoms with Gasteiger partial charge in [-0.1, -0.05) is 6.92 Å². The van der Waals surface area contributed by atoms with Crippen molar-refractivity contribution >= 4 is 11.6 Å². The number of aromatic amines is 1. The van der Waals surface area contributed by atoms with Crippen molar-refractivity contribution in [3.63, 3.8) is 0 Å². The van der Waals surface area contributed by atoms with E-state index >= 15 is 0 Å². The molecule has 0 aliphatic rings. The topological polar surface area (TPSA) is 104 Å². The van der Waals surface area contributed by atoms with E-state index in [1.807, 2.05) is 6.92 Å². The number of aromatic hydroxyl groups is 1. The zero-order valence-electron chi connectivity index (χ0n) is 13.0. The maximum atomic E-state index is 12.2. The van der Waals surface area contributed by atoms with E-state index in [1.54, 1.807) is 48.7 Å². The zero-order chi connectivity index (χ0) is 16.9. The lowest BCUT2D eigenvalue weighted by atomic mass is 10.1. The number of hydrazone groups is 1. The maximum absolute atomic E-state index is 12.2. The van der Waals surface area contributed by atoms with Crippen LogP contribution in [-0.4, -0.2) is 26.9 Å². The van der Waals surface area contributed by atoms with Crippen LogP contribution < -0.4 is 5.43 Å². The van der Waals surface area contributed by atoms with Crippen molar-refractivity contribution in [1.29, 1.82) is 0 Å². The van der Waals surface area contributed by atoms with Gasteiger partial charge in [-0.2, -0.15) is 10.2 Å². The molecule has 2 aromatic heterocycles. The molecule has 0 saturated carbocycles. The SMILES string of the molecule is CCC(=NNC(=O)c1cc(-c2ccco2)[nH]n1)c1ccc(O)cc1. The van der Waals surface area contributed by atoms with Crippen LogP contribution in [-0.2, 0) is 0 Å².